The topological polar surface area (TPSA) is 78.4 Å². The van der Waals surface area contributed by atoms with E-state index in [4.69, 9.17) is 0 Å². The first-order chi connectivity index (χ1) is 8.67. The summed E-state index contributed by atoms with van der Waals surface area (Å²) in [4.78, 5) is 23.0. The van der Waals surface area contributed by atoms with Gasteiger partial charge in [-0.1, -0.05) is 12.8 Å². The molecule has 0 radical (unpaired) electrons. The van der Waals surface area contributed by atoms with Gasteiger partial charge in [0.05, 0.1) is 11.0 Å². The van der Waals surface area contributed by atoms with Crippen molar-refractivity contribution in [1.82, 2.24) is 10.6 Å². The van der Waals surface area contributed by atoms with Crippen molar-refractivity contribution in [2.45, 2.75) is 58.9 Å². The standard InChI is InChI=1S/C14H26N2O3/c1-13(2,11(17)18)14(3,4)16-12(19)15-9-5-6-10-7-8-10/h10H,5-9H2,1-4H3,(H,17,18)(H2,15,16,19). The van der Waals surface area contributed by atoms with Crippen molar-refractivity contribution < 1.29 is 14.7 Å². The van der Waals surface area contributed by atoms with Crippen molar-refractivity contribution >= 4 is 12.0 Å². The molecule has 0 unspecified atom stereocenters. The van der Waals surface area contributed by atoms with Crippen LogP contribution in [0.25, 0.3) is 0 Å². The second kappa shape index (κ2) is 5.80. The van der Waals surface area contributed by atoms with Crippen LogP contribution in [0.15, 0.2) is 0 Å². The molecule has 110 valence electrons. The number of rotatable bonds is 7. The average Bonchev–Trinajstić information content (AvgIpc) is 3.07. The van der Waals surface area contributed by atoms with Crippen molar-refractivity contribution in [3.63, 3.8) is 0 Å². The van der Waals surface area contributed by atoms with Crippen LogP contribution in [0.5, 0.6) is 0 Å². The molecule has 1 rings (SSSR count). The van der Waals surface area contributed by atoms with Gasteiger partial charge in [-0.3, -0.25) is 4.79 Å². The van der Waals surface area contributed by atoms with Crippen LogP contribution < -0.4 is 10.6 Å². The third-order valence-corrected chi connectivity index (χ3v) is 4.29. The van der Waals surface area contributed by atoms with Gasteiger partial charge in [-0.2, -0.15) is 0 Å². The van der Waals surface area contributed by atoms with Crippen molar-refractivity contribution in [2.24, 2.45) is 11.3 Å². The van der Waals surface area contributed by atoms with E-state index in [1.807, 2.05) is 0 Å². The Morgan fingerprint density at radius 1 is 1.21 bits per heavy atom. The van der Waals surface area contributed by atoms with Gasteiger partial charge >= 0.3 is 12.0 Å². The maximum absolute atomic E-state index is 11.8. The van der Waals surface area contributed by atoms with E-state index in [0.29, 0.717) is 6.54 Å². The summed E-state index contributed by atoms with van der Waals surface area (Å²) >= 11 is 0. The third kappa shape index (κ3) is 4.40. The maximum Gasteiger partial charge on any atom is 0.315 e. The molecular formula is C14H26N2O3. The number of urea groups is 1. The zero-order valence-corrected chi connectivity index (χ0v) is 12.4. The molecule has 19 heavy (non-hydrogen) atoms. The monoisotopic (exact) mass is 270 g/mol. The first-order valence-electron chi connectivity index (χ1n) is 6.96. The number of hydrogen-bond donors (Lipinski definition) is 3. The van der Waals surface area contributed by atoms with Gasteiger partial charge in [0.15, 0.2) is 0 Å². The number of carbonyl (C=O) groups is 2. The van der Waals surface area contributed by atoms with Gasteiger partial charge in [0.25, 0.3) is 0 Å². The van der Waals surface area contributed by atoms with Crippen LogP contribution >= 0.6 is 0 Å². The second-order valence-electron chi connectivity index (χ2n) is 6.52. The molecular weight excluding hydrogens is 244 g/mol. The fourth-order valence-corrected chi connectivity index (χ4v) is 1.75. The number of aliphatic carboxylic acids is 1. The van der Waals surface area contributed by atoms with Gasteiger partial charge in [0, 0.05) is 6.54 Å². The Balaban J connectivity index is 2.34. The van der Waals surface area contributed by atoms with Crippen LogP contribution in [0.4, 0.5) is 4.79 Å². The normalized spacial score (nSPS) is 16.0. The van der Waals surface area contributed by atoms with Gasteiger partial charge in [-0.05, 0) is 46.5 Å². The molecule has 0 aliphatic heterocycles. The molecule has 0 saturated heterocycles. The molecule has 5 nitrogen and oxygen atoms in total. The Labute approximate surface area is 115 Å². The van der Waals surface area contributed by atoms with Crippen LogP contribution in [0.1, 0.15) is 53.4 Å². The molecule has 0 aromatic rings. The van der Waals surface area contributed by atoms with E-state index in [1.54, 1.807) is 27.7 Å². The Kier molecular flexibility index (Phi) is 4.82. The Morgan fingerprint density at radius 3 is 2.26 bits per heavy atom. The summed E-state index contributed by atoms with van der Waals surface area (Å²) in [5.74, 6) is -0.0567. The van der Waals surface area contributed by atoms with Gasteiger partial charge < -0.3 is 15.7 Å². The molecule has 1 aliphatic carbocycles. The zero-order valence-electron chi connectivity index (χ0n) is 12.4. The van der Waals surface area contributed by atoms with Crippen molar-refractivity contribution in [3.05, 3.63) is 0 Å². The lowest BCUT2D eigenvalue weighted by atomic mass is 9.74. The van der Waals surface area contributed by atoms with E-state index in [2.05, 4.69) is 10.6 Å². The highest BCUT2D eigenvalue weighted by molar-refractivity contribution is 5.79. The summed E-state index contributed by atoms with van der Waals surface area (Å²) in [6.45, 7) is 7.33. The third-order valence-electron chi connectivity index (χ3n) is 4.29. The molecule has 3 N–H and O–H groups in total. The van der Waals surface area contributed by atoms with E-state index in [0.717, 1.165) is 12.3 Å². The first-order valence-corrected chi connectivity index (χ1v) is 6.96. The van der Waals surface area contributed by atoms with Crippen molar-refractivity contribution in [2.75, 3.05) is 6.54 Å². The smallest absolute Gasteiger partial charge is 0.315 e. The number of nitrogens with one attached hydrogen (secondary N) is 2. The number of hydrogen-bond acceptors (Lipinski definition) is 2. The number of carboxylic acids is 1. The fourth-order valence-electron chi connectivity index (χ4n) is 1.75. The van der Waals surface area contributed by atoms with Crippen LogP contribution in [-0.4, -0.2) is 29.2 Å². The molecule has 1 aliphatic rings. The molecule has 5 heteroatoms. The van der Waals surface area contributed by atoms with Crippen LogP contribution in [-0.2, 0) is 4.79 Å². The molecule has 0 heterocycles. The molecule has 2 amide bonds. The fraction of sp³-hybridized carbons (Fsp3) is 0.857. The minimum absolute atomic E-state index is 0.296. The number of carbonyl (C=O) groups excluding carboxylic acids is 1. The molecule has 0 bridgehead atoms. The zero-order chi connectivity index (χ0) is 14.7. The predicted molar refractivity (Wildman–Crippen MR) is 74.0 cm³/mol. The van der Waals surface area contributed by atoms with E-state index in [-0.39, 0.29) is 6.03 Å². The van der Waals surface area contributed by atoms with Gasteiger partial charge in [0.1, 0.15) is 0 Å². The Morgan fingerprint density at radius 2 is 1.79 bits per heavy atom. The lowest BCUT2D eigenvalue weighted by Crippen LogP contribution is -2.59. The highest BCUT2D eigenvalue weighted by atomic mass is 16.4. The Hall–Kier alpha value is -1.26. The van der Waals surface area contributed by atoms with E-state index in [1.165, 1.54) is 19.3 Å². The quantitative estimate of drug-likeness (QED) is 0.621. The summed E-state index contributed by atoms with van der Waals surface area (Å²) < 4.78 is 0. The molecule has 0 spiro atoms. The largest absolute Gasteiger partial charge is 0.481 e. The minimum atomic E-state index is -1.03. The first kappa shape index (κ1) is 15.8. The van der Waals surface area contributed by atoms with Crippen LogP contribution in [0, 0.1) is 11.3 Å². The lowest BCUT2D eigenvalue weighted by molar-refractivity contribution is -0.150. The summed E-state index contributed by atoms with van der Waals surface area (Å²) in [5, 5.41) is 14.7. The van der Waals surface area contributed by atoms with Crippen LogP contribution in [0.2, 0.25) is 0 Å². The van der Waals surface area contributed by atoms with Gasteiger partial charge in [-0.15, -0.1) is 0 Å². The summed E-state index contributed by atoms with van der Waals surface area (Å²) in [5.41, 5.74) is -1.85. The van der Waals surface area contributed by atoms with Crippen molar-refractivity contribution in [1.29, 1.82) is 0 Å². The molecule has 0 aromatic heterocycles. The van der Waals surface area contributed by atoms with Gasteiger partial charge in [0.2, 0.25) is 0 Å². The average molecular weight is 270 g/mol. The highest BCUT2D eigenvalue weighted by Gasteiger charge is 2.44. The second-order valence-corrected chi connectivity index (χ2v) is 6.52. The van der Waals surface area contributed by atoms with Crippen LogP contribution in [0.3, 0.4) is 0 Å². The molecule has 0 aromatic carbocycles. The number of carboxylic acid groups (broad SMARTS) is 1. The minimum Gasteiger partial charge on any atom is -0.481 e. The summed E-state index contributed by atoms with van der Waals surface area (Å²) in [6, 6.07) is -0.296. The predicted octanol–water partition coefficient (Wildman–Crippen LogP) is 2.37. The molecule has 1 saturated carbocycles. The molecule has 1 fully saturated rings. The van der Waals surface area contributed by atoms with E-state index < -0.39 is 16.9 Å². The molecule has 0 atom stereocenters. The van der Waals surface area contributed by atoms with E-state index in [9.17, 15) is 14.7 Å². The van der Waals surface area contributed by atoms with E-state index >= 15 is 0 Å². The lowest BCUT2D eigenvalue weighted by Gasteiger charge is -2.38. The maximum atomic E-state index is 11.8. The Bertz CT molecular complexity index is 347. The van der Waals surface area contributed by atoms with Crippen molar-refractivity contribution in [3.8, 4) is 0 Å². The highest BCUT2D eigenvalue weighted by Crippen LogP contribution is 2.33. The SMILES string of the molecule is CC(C)(NC(=O)NCCCC1CC1)C(C)(C)C(=O)O. The summed E-state index contributed by atoms with van der Waals surface area (Å²) in [7, 11) is 0. The number of amides is 2. The summed E-state index contributed by atoms with van der Waals surface area (Å²) in [6.07, 6.45) is 4.81. The van der Waals surface area contributed by atoms with Gasteiger partial charge in [-0.25, -0.2) is 4.79 Å².